The van der Waals surface area contributed by atoms with Gasteiger partial charge in [0.15, 0.2) is 0 Å². The van der Waals surface area contributed by atoms with E-state index in [-0.39, 0.29) is 10.6 Å². The second-order valence-electron chi connectivity index (χ2n) is 5.26. The fourth-order valence-corrected chi connectivity index (χ4v) is 2.74. The molecule has 0 aliphatic carbocycles. The Hall–Kier alpha value is -1.15. The molecule has 1 unspecified atom stereocenters. The molecule has 0 aliphatic rings. The maximum absolute atomic E-state index is 13.2. The number of hydrogen-bond donors (Lipinski definition) is 0. The number of rotatable bonds is 4. The van der Waals surface area contributed by atoms with Gasteiger partial charge in [0.05, 0.1) is 4.83 Å². The van der Waals surface area contributed by atoms with E-state index in [2.05, 4.69) is 54.0 Å². The summed E-state index contributed by atoms with van der Waals surface area (Å²) in [6.45, 7) is 4.43. The van der Waals surface area contributed by atoms with Gasteiger partial charge in [0.1, 0.15) is 5.82 Å². The van der Waals surface area contributed by atoms with Gasteiger partial charge < -0.3 is 0 Å². The van der Waals surface area contributed by atoms with Crippen LogP contribution in [0.5, 0.6) is 0 Å². The average Bonchev–Trinajstić information content (AvgIpc) is 2.38. The summed E-state index contributed by atoms with van der Waals surface area (Å²) in [7, 11) is 0. The van der Waals surface area contributed by atoms with E-state index in [4.69, 9.17) is 0 Å². The van der Waals surface area contributed by atoms with Crippen LogP contribution in [0.1, 0.15) is 35.4 Å². The van der Waals surface area contributed by atoms with Crippen molar-refractivity contribution in [2.75, 3.05) is 0 Å². The molecule has 0 N–H and O–H groups in total. The summed E-state index contributed by atoms with van der Waals surface area (Å²) >= 11 is 3.64. The second kappa shape index (κ2) is 6.33. The van der Waals surface area contributed by atoms with E-state index in [1.54, 1.807) is 12.1 Å². The molecule has 0 radical (unpaired) electrons. The van der Waals surface area contributed by atoms with Crippen molar-refractivity contribution >= 4 is 15.9 Å². The van der Waals surface area contributed by atoms with Crippen LogP contribution in [0.3, 0.4) is 0 Å². The maximum atomic E-state index is 13.2. The molecule has 0 saturated carbocycles. The minimum atomic E-state index is -0.196. The quantitative estimate of drug-likeness (QED) is 0.652. The zero-order chi connectivity index (χ0) is 13.8. The lowest BCUT2D eigenvalue weighted by molar-refractivity contribution is 0.626. The maximum Gasteiger partial charge on any atom is 0.123 e. The molecular weight excluding hydrogens is 303 g/mol. The van der Waals surface area contributed by atoms with Crippen molar-refractivity contribution in [1.82, 2.24) is 0 Å². The molecule has 2 rings (SSSR count). The number of alkyl halides is 1. The summed E-state index contributed by atoms with van der Waals surface area (Å²) in [5.74, 6) is 0.465. The van der Waals surface area contributed by atoms with E-state index in [0.717, 1.165) is 17.5 Å². The molecule has 0 spiro atoms. The summed E-state index contributed by atoms with van der Waals surface area (Å²) in [4.78, 5) is 0.0382. The topological polar surface area (TPSA) is 0 Å². The number of halogens is 2. The Morgan fingerprint density at radius 3 is 2.26 bits per heavy atom. The molecular formula is C17H18BrF. The molecule has 2 heteroatoms. The molecule has 2 aromatic carbocycles. The number of hydrogen-bond acceptors (Lipinski definition) is 0. The highest BCUT2D eigenvalue weighted by Crippen LogP contribution is 2.31. The minimum absolute atomic E-state index is 0.0382. The van der Waals surface area contributed by atoms with Gasteiger partial charge in [0.25, 0.3) is 0 Å². The molecule has 0 fully saturated rings. The smallest absolute Gasteiger partial charge is 0.123 e. The van der Waals surface area contributed by atoms with Crippen molar-refractivity contribution < 1.29 is 4.39 Å². The van der Waals surface area contributed by atoms with E-state index in [9.17, 15) is 4.39 Å². The van der Waals surface area contributed by atoms with Crippen LogP contribution in [0.15, 0.2) is 48.5 Å². The van der Waals surface area contributed by atoms with Crippen molar-refractivity contribution in [3.63, 3.8) is 0 Å². The van der Waals surface area contributed by atoms with Crippen LogP contribution >= 0.6 is 15.9 Å². The van der Waals surface area contributed by atoms with Crippen LogP contribution < -0.4 is 0 Å². The molecule has 0 bridgehead atoms. The van der Waals surface area contributed by atoms with E-state index in [0.29, 0.717) is 5.92 Å². The third-order valence-corrected chi connectivity index (χ3v) is 4.11. The van der Waals surface area contributed by atoms with Gasteiger partial charge in [-0.25, -0.2) is 4.39 Å². The Morgan fingerprint density at radius 2 is 1.68 bits per heavy atom. The van der Waals surface area contributed by atoms with Crippen LogP contribution in [0, 0.1) is 11.7 Å². The molecule has 0 amide bonds. The zero-order valence-corrected chi connectivity index (χ0v) is 12.8. The zero-order valence-electron chi connectivity index (χ0n) is 11.2. The largest absolute Gasteiger partial charge is 0.207 e. The van der Waals surface area contributed by atoms with E-state index in [1.165, 1.54) is 11.6 Å². The summed E-state index contributed by atoms with van der Waals surface area (Å²) in [6.07, 6.45) is 1.09. The fourth-order valence-electron chi connectivity index (χ4n) is 2.15. The molecule has 1 atom stereocenters. The van der Waals surface area contributed by atoms with Gasteiger partial charge in [-0.05, 0) is 41.2 Å². The van der Waals surface area contributed by atoms with Crippen molar-refractivity contribution in [2.24, 2.45) is 5.92 Å². The summed E-state index contributed by atoms with van der Waals surface area (Å²) < 4.78 is 13.2. The van der Waals surface area contributed by atoms with Crippen molar-refractivity contribution in [3.8, 4) is 0 Å². The highest BCUT2D eigenvalue weighted by Gasteiger charge is 2.11. The summed E-state index contributed by atoms with van der Waals surface area (Å²) in [5, 5.41) is 0. The Kier molecular flexibility index (Phi) is 4.76. The van der Waals surface area contributed by atoms with Gasteiger partial charge in [-0.2, -0.15) is 0 Å². The third kappa shape index (κ3) is 3.90. The van der Waals surface area contributed by atoms with E-state index in [1.807, 2.05) is 6.07 Å². The lowest BCUT2D eigenvalue weighted by atomic mass is 9.99. The monoisotopic (exact) mass is 320 g/mol. The third-order valence-electron chi connectivity index (χ3n) is 3.06. The first-order valence-corrected chi connectivity index (χ1v) is 7.46. The molecule has 2 aromatic rings. The van der Waals surface area contributed by atoms with Crippen molar-refractivity contribution in [2.45, 2.75) is 25.1 Å². The molecule has 0 aliphatic heterocycles. The van der Waals surface area contributed by atoms with Crippen LogP contribution in [0.2, 0.25) is 0 Å². The highest BCUT2D eigenvalue weighted by molar-refractivity contribution is 9.09. The highest BCUT2D eigenvalue weighted by atomic mass is 79.9. The van der Waals surface area contributed by atoms with Gasteiger partial charge in [-0.3, -0.25) is 0 Å². The first kappa shape index (κ1) is 14.3. The lowest BCUT2D eigenvalue weighted by Gasteiger charge is -2.12. The summed E-state index contributed by atoms with van der Waals surface area (Å²) in [5.41, 5.74) is 3.44. The lowest BCUT2D eigenvalue weighted by Crippen LogP contribution is -1.96. The van der Waals surface area contributed by atoms with Crippen LogP contribution in [-0.2, 0) is 6.42 Å². The van der Waals surface area contributed by atoms with Gasteiger partial charge >= 0.3 is 0 Å². The molecule has 0 nitrogen and oxygen atoms in total. The predicted octanol–water partition coefficient (Wildman–Crippen LogP) is 5.51. The van der Waals surface area contributed by atoms with Crippen LogP contribution in [0.4, 0.5) is 4.39 Å². The van der Waals surface area contributed by atoms with Gasteiger partial charge in [0, 0.05) is 0 Å². The Balaban J connectivity index is 2.17. The van der Waals surface area contributed by atoms with E-state index < -0.39 is 0 Å². The van der Waals surface area contributed by atoms with Crippen LogP contribution in [0.25, 0.3) is 0 Å². The SMILES string of the molecule is CC(C)Cc1ccc(C(Br)c2cccc(F)c2)cc1. The van der Waals surface area contributed by atoms with Gasteiger partial charge in [-0.1, -0.05) is 66.2 Å². The Labute approximate surface area is 122 Å². The standard InChI is InChI=1S/C17H18BrF/c1-12(2)10-13-6-8-14(9-7-13)17(18)15-4-3-5-16(19)11-15/h3-9,11-12,17H,10H2,1-2H3. The minimum Gasteiger partial charge on any atom is -0.207 e. The first-order chi connectivity index (χ1) is 9.06. The van der Waals surface area contributed by atoms with Gasteiger partial charge in [0.2, 0.25) is 0 Å². The Bertz CT molecular complexity index is 531. The van der Waals surface area contributed by atoms with Crippen molar-refractivity contribution in [3.05, 3.63) is 71.0 Å². The second-order valence-corrected chi connectivity index (χ2v) is 6.17. The number of benzene rings is 2. The average molecular weight is 321 g/mol. The summed E-state index contributed by atoms with van der Waals surface area (Å²) in [6, 6.07) is 15.3. The molecule has 0 saturated heterocycles. The Morgan fingerprint density at radius 1 is 1.00 bits per heavy atom. The molecule has 0 heterocycles. The molecule has 0 aromatic heterocycles. The first-order valence-electron chi connectivity index (χ1n) is 6.54. The van der Waals surface area contributed by atoms with Crippen molar-refractivity contribution in [1.29, 1.82) is 0 Å². The van der Waals surface area contributed by atoms with Gasteiger partial charge in [-0.15, -0.1) is 0 Å². The fraction of sp³-hybridized carbons (Fsp3) is 0.294. The van der Waals surface area contributed by atoms with Crippen LogP contribution in [-0.4, -0.2) is 0 Å². The molecule has 100 valence electrons. The van der Waals surface area contributed by atoms with E-state index >= 15 is 0 Å². The normalized spacial score (nSPS) is 12.7. The predicted molar refractivity (Wildman–Crippen MR) is 82.2 cm³/mol. The molecule has 19 heavy (non-hydrogen) atoms.